The van der Waals surface area contributed by atoms with E-state index < -0.39 is 0 Å². The van der Waals surface area contributed by atoms with Gasteiger partial charge in [-0.1, -0.05) is 26.0 Å². The summed E-state index contributed by atoms with van der Waals surface area (Å²) in [6.07, 6.45) is 1.95. The normalized spacial score (nSPS) is 22.1. The van der Waals surface area contributed by atoms with Crippen LogP contribution in [-0.4, -0.2) is 25.6 Å². The van der Waals surface area contributed by atoms with Crippen molar-refractivity contribution in [3.8, 4) is 5.75 Å². The third kappa shape index (κ3) is 4.21. The third-order valence-corrected chi connectivity index (χ3v) is 3.85. The number of para-hydroxylation sites is 2. The molecule has 1 amide bonds. The predicted molar refractivity (Wildman–Crippen MR) is 85.6 cm³/mol. The van der Waals surface area contributed by atoms with Gasteiger partial charge in [0, 0.05) is 6.54 Å². The number of carbonyl (C=O) groups excluding carboxylic acids is 1. The second kappa shape index (κ2) is 6.94. The van der Waals surface area contributed by atoms with E-state index in [9.17, 15) is 4.79 Å². The first-order valence-electron chi connectivity index (χ1n) is 7.75. The highest BCUT2D eigenvalue weighted by Gasteiger charge is 2.34. The molecular weight excluding hydrogens is 264 g/mol. The zero-order valence-electron chi connectivity index (χ0n) is 13.2. The van der Waals surface area contributed by atoms with Crippen LogP contribution >= 0.6 is 0 Å². The van der Waals surface area contributed by atoms with Gasteiger partial charge in [0.25, 0.3) is 0 Å². The molecule has 1 aromatic carbocycles. The number of carbonyl (C=O) groups is 1. The molecule has 21 heavy (non-hydrogen) atoms. The second-order valence-corrected chi connectivity index (χ2v) is 6.50. The van der Waals surface area contributed by atoms with Crippen molar-refractivity contribution < 1.29 is 9.53 Å². The molecule has 1 aliphatic rings. The van der Waals surface area contributed by atoms with Crippen LogP contribution in [0.1, 0.15) is 33.6 Å². The molecule has 0 spiro atoms. The summed E-state index contributed by atoms with van der Waals surface area (Å²) in [4.78, 5) is 12.6. The van der Waals surface area contributed by atoms with Crippen LogP contribution in [0.3, 0.4) is 0 Å². The fourth-order valence-corrected chi connectivity index (χ4v) is 2.48. The molecule has 1 heterocycles. The molecule has 1 atom stereocenters. The molecule has 0 bridgehead atoms. The van der Waals surface area contributed by atoms with Crippen molar-refractivity contribution in [2.24, 2.45) is 11.3 Å². The summed E-state index contributed by atoms with van der Waals surface area (Å²) >= 11 is 0. The van der Waals surface area contributed by atoms with Crippen molar-refractivity contribution in [2.75, 3.05) is 25.0 Å². The van der Waals surface area contributed by atoms with Crippen LogP contribution in [0.25, 0.3) is 0 Å². The molecule has 0 radical (unpaired) electrons. The average Bonchev–Trinajstić information content (AvgIpc) is 2.47. The van der Waals surface area contributed by atoms with Crippen LogP contribution < -0.4 is 15.4 Å². The molecule has 1 fully saturated rings. The first kappa shape index (κ1) is 15.8. The minimum atomic E-state index is -0.344. The minimum absolute atomic E-state index is 0.0651. The Bertz CT molecular complexity index is 479. The summed E-state index contributed by atoms with van der Waals surface area (Å²) < 4.78 is 5.79. The van der Waals surface area contributed by atoms with E-state index in [1.54, 1.807) is 0 Å². The highest BCUT2D eigenvalue weighted by atomic mass is 16.5. The van der Waals surface area contributed by atoms with E-state index in [0.29, 0.717) is 12.5 Å². The second-order valence-electron chi connectivity index (χ2n) is 6.50. The van der Waals surface area contributed by atoms with Crippen molar-refractivity contribution in [3.63, 3.8) is 0 Å². The quantitative estimate of drug-likeness (QED) is 0.876. The molecule has 0 saturated carbocycles. The topological polar surface area (TPSA) is 50.4 Å². The number of hydrogen-bond acceptors (Lipinski definition) is 3. The van der Waals surface area contributed by atoms with E-state index in [4.69, 9.17) is 4.74 Å². The van der Waals surface area contributed by atoms with Gasteiger partial charge in [-0.25, -0.2) is 0 Å². The average molecular weight is 290 g/mol. The van der Waals surface area contributed by atoms with Crippen molar-refractivity contribution in [1.82, 2.24) is 5.32 Å². The molecule has 2 rings (SSSR count). The van der Waals surface area contributed by atoms with E-state index >= 15 is 0 Å². The van der Waals surface area contributed by atoms with Crippen LogP contribution in [0.2, 0.25) is 0 Å². The van der Waals surface area contributed by atoms with Crippen LogP contribution in [0, 0.1) is 11.3 Å². The van der Waals surface area contributed by atoms with Gasteiger partial charge in [0.1, 0.15) is 5.75 Å². The first-order valence-corrected chi connectivity index (χ1v) is 7.75. The maximum absolute atomic E-state index is 12.6. The Balaban J connectivity index is 2.06. The molecule has 4 nitrogen and oxygen atoms in total. The lowest BCUT2D eigenvalue weighted by Crippen LogP contribution is -2.46. The van der Waals surface area contributed by atoms with Crippen molar-refractivity contribution >= 4 is 11.6 Å². The van der Waals surface area contributed by atoms with Crippen LogP contribution in [0.15, 0.2) is 24.3 Å². The maximum atomic E-state index is 12.6. The lowest BCUT2D eigenvalue weighted by molar-refractivity contribution is -0.125. The summed E-state index contributed by atoms with van der Waals surface area (Å²) in [7, 11) is 0. The fraction of sp³-hybridized carbons (Fsp3) is 0.588. The van der Waals surface area contributed by atoms with Gasteiger partial charge < -0.3 is 15.4 Å². The highest BCUT2D eigenvalue weighted by Crippen LogP contribution is 2.30. The summed E-state index contributed by atoms with van der Waals surface area (Å²) in [5.41, 5.74) is 0.415. The lowest BCUT2D eigenvalue weighted by atomic mass is 9.82. The summed E-state index contributed by atoms with van der Waals surface area (Å²) in [6, 6.07) is 7.64. The monoisotopic (exact) mass is 290 g/mol. The Kier molecular flexibility index (Phi) is 5.23. The van der Waals surface area contributed by atoms with Crippen molar-refractivity contribution in [1.29, 1.82) is 0 Å². The van der Waals surface area contributed by atoms with Crippen LogP contribution in [-0.2, 0) is 4.79 Å². The Morgan fingerprint density at radius 2 is 2.19 bits per heavy atom. The zero-order valence-corrected chi connectivity index (χ0v) is 13.2. The van der Waals surface area contributed by atoms with E-state index in [1.807, 2.05) is 31.2 Å². The molecule has 1 unspecified atom stereocenters. The van der Waals surface area contributed by atoms with E-state index in [-0.39, 0.29) is 11.3 Å². The van der Waals surface area contributed by atoms with Gasteiger partial charge in [0.05, 0.1) is 17.7 Å². The summed E-state index contributed by atoms with van der Waals surface area (Å²) in [6.45, 7) is 8.61. The molecule has 2 N–H and O–H groups in total. The van der Waals surface area contributed by atoms with E-state index in [0.717, 1.165) is 37.4 Å². The van der Waals surface area contributed by atoms with E-state index in [2.05, 4.69) is 24.5 Å². The Labute approximate surface area is 127 Å². The number of piperidine rings is 1. The molecule has 4 heteroatoms. The molecule has 1 saturated heterocycles. The Hall–Kier alpha value is -1.55. The minimum Gasteiger partial charge on any atom is -0.491 e. The van der Waals surface area contributed by atoms with Crippen molar-refractivity contribution in [2.45, 2.75) is 33.6 Å². The Morgan fingerprint density at radius 1 is 1.43 bits per heavy atom. The number of nitrogens with one attached hydrogen (secondary N) is 2. The van der Waals surface area contributed by atoms with Crippen LogP contribution in [0.5, 0.6) is 5.75 Å². The number of rotatable bonds is 5. The summed E-state index contributed by atoms with van der Waals surface area (Å²) in [5.74, 6) is 1.26. The number of ether oxygens (including phenoxy) is 1. The fourth-order valence-electron chi connectivity index (χ4n) is 2.48. The molecule has 1 aromatic rings. The largest absolute Gasteiger partial charge is 0.491 e. The van der Waals surface area contributed by atoms with Gasteiger partial charge in [-0.15, -0.1) is 0 Å². The van der Waals surface area contributed by atoms with Gasteiger partial charge in [-0.05, 0) is 44.4 Å². The molecular formula is C17H26N2O2. The number of hydrogen-bond donors (Lipinski definition) is 2. The molecule has 1 aliphatic heterocycles. The smallest absolute Gasteiger partial charge is 0.231 e. The first-order chi connectivity index (χ1) is 10.0. The van der Waals surface area contributed by atoms with Gasteiger partial charge in [-0.3, -0.25) is 4.79 Å². The molecule has 116 valence electrons. The SMILES string of the molecule is CC(C)COc1ccccc1NC(=O)C1(C)CCCNC1. The van der Waals surface area contributed by atoms with Gasteiger partial charge in [0.15, 0.2) is 0 Å². The lowest BCUT2D eigenvalue weighted by Gasteiger charge is -2.32. The zero-order chi connectivity index (χ0) is 15.3. The standard InChI is InChI=1S/C17H26N2O2/c1-13(2)11-21-15-8-5-4-7-14(15)19-16(20)17(3)9-6-10-18-12-17/h4-5,7-8,13,18H,6,9-12H2,1-3H3,(H,19,20). The molecule has 0 aromatic heterocycles. The molecule has 0 aliphatic carbocycles. The number of benzene rings is 1. The Morgan fingerprint density at radius 3 is 2.86 bits per heavy atom. The maximum Gasteiger partial charge on any atom is 0.231 e. The number of anilines is 1. The van der Waals surface area contributed by atoms with Crippen molar-refractivity contribution in [3.05, 3.63) is 24.3 Å². The highest BCUT2D eigenvalue weighted by molar-refractivity contribution is 5.96. The van der Waals surface area contributed by atoms with E-state index in [1.165, 1.54) is 0 Å². The van der Waals surface area contributed by atoms with Crippen LogP contribution in [0.4, 0.5) is 5.69 Å². The van der Waals surface area contributed by atoms with Gasteiger partial charge in [-0.2, -0.15) is 0 Å². The van der Waals surface area contributed by atoms with Gasteiger partial charge in [0.2, 0.25) is 5.91 Å². The third-order valence-electron chi connectivity index (χ3n) is 3.85. The van der Waals surface area contributed by atoms with Gasteiger partial charge >= 0.3 is 0 Å². The number of amides is 1. The predicted octanol–water partition coefficient (Wildman–Crippen LogP) is 3.05. The summed E-state index contributed by atoms with van der Waals surface area (Å²) in [5, 5.41) is 6.35.